The Balaban J connectivity index is 1.41. The molecule has 1 aliphatic carbocycles. The van der Waals surface area contributed by atoms with Crippen LogP contribution in [0.1, 0.15) is 40.4 Å². The van der Waals surface area contributed by atoms with Crippen LogP contribution in [-0.2, 0) is 11.3 Å². The van der Waals surface area contributed by atoms with Gasteiger partial charge in [0.1, 0.15) is 0 Å². The number of benzene rings is 3. The number of hydrogen-bond acceptors (Lipinski definition) is 3. The number of nitrogens with zero attached hydrogens (tertiary/aromatic N) is 2. The third kappa shape index (κ3) is 6.71. The highest BCUT2D eigenvalue weighted by molar-refractivity contribution is 6.35. The largest absolute Gasteiger partial charge is 0.481 e. The van der Waals surface area contributed by atoms with Crippen molar-refractivity contribution in [2.75, 3.05) is 6.54 Å². The van der Waals surface area contributed by atoms with Gasteiger partial charge in [-0.05, 0) is 52.9 Å². The average molecular weight is 572 g/mol. The summed E-state index contributed by atoms with van der Waals surface area (Å²) in [5.74, 6) is -1.30. The molecule has 3 aromatic carbocycles. The van der Waals surface area contributed by atoms with Crippen LogP contribution in [-0.4, -0.2) is 33.3 Å². The highest BCUT2D eigenvalue weighted by atomic mass is 35.5. The molecule has 40 heavy (non-hydrogen) atoms. The number of rotatable bonds is 9. The van der Waals surface area contributed by atoms with Crippen molar-refractivity contribution in [2.45, 2.75) is 25.3 Å². The minimum atomic E-state index is -0.955. The number of carbonyl (C=O) groups excluding carboxylic acids is 1. The number of aromatic nitrogens is 2. The molecule has 1 unspecified atom stereocenters. The zero-order chi connectivity index (χ0) is 28.1. The lowest BCUT2D eigenvalue weighted by atomic mass is 9.96. The van der Waals surface area contributed by atoms with Crippen LogP contribution in [0.3, 0.4) is 0 Å². The summed E-state index contributed by atoms with van der Waals surface area (Å²) in [5.41, 5.74) is 6.58. The Labute approximate surface area is 242 Å². The van der Waals surface area contributed by atoms with Gasteiger partial charge in [-0.25, -0.2) is 0 Å². The molecule has 0 bridgehead atoms. The van der Waals surface area contributed by atoms with Crippen molar-refractivity contribution >= 4 is 35.1 Å². The molecule has 0 fully saturated rings. The summed E-state index contributed by atoms with van der Waals surface area (Å²) in [6, 6.07) is 28.0. The molecule has 0 saturated heterocycles. The van der Waals surface area contributed by atoms with Crippen molar-refractivity contribution in [3.63, 3.8) is 0 Å². The lowest BCUT2D eigenvalue weighted by molar-refractivity contribution is -0.136. The molecule has 0 radical (unpaired) electrons. The normalized spacial score (nSPS) is 14.8. The molecule has 1 aromatic heterocycles. The van der Waals surface area contributed by atoms with Crippen LogP contribution in [0, 0.1) is 0 Å². The first-order chi connectivity index (χ1) is 19.4. The van der Waals surface area contributed by atoms with E-state index in [9.17, 15) is 9.59 Å². The van der Waals surface area contributed by atoms with E-state index in [2.05, 4.69) is 47.8 Å². The van der Waals surface area contributed by atoms with E-state index < -0.39 is 5.97 Å². The van der Waals surface area contributed by atoms with Gasteiger partial charge in [0.2, 0.25) is 0 Å². The Hall–Kier alpha value is -4.13. The third-order valence-electron chi connectivity index (χ3n) is 6.71. The predicted molar refractivity (Wildman–Crippen MR) is 158 cm³/mol. The van der Waals surface area contributed by atoms with E-state index in [1.807, 2.05) is 41.1 Å². The molecule has 1 atom stereocenters. The molecule has 202 valence electrons. The Morgan fingerprint density at radius 2 is 1.60 bits per heavy atom. The van der Waals surface area contributed by atoms with Crippen molar-refractivity contribution in [2.24, 2.45) is 0 Å². The van der Waals surface area contributed by atoms with E-state index >= 15 is 0 Å². The summed E-state index contributed by atoms with van der Waals surface area (Å²) in [6.45, 7) is 0.571. The number of allylic oxidation sites excluding steroid dienone is 4. The molecular formula is C32H27Cl2N3O3. The fourth-order valence-corrected chi connectivity index (χ4v) is 5.29. The number of halogens is 2. The summed E-state index contributed by atoms with van der Waals surface area (Å²) in [5, 5.41) is 17.7. The Bertz CT molecular complexity index is 1570. The second-order valence-corrected chi connectivity index (χ2v) is 10.5. The molecule has 5 rings (SSSR count). The number of aliphatic carboxylic acids is 1. The maximum atomic E-state index is 12.3. The first-order valence-electron chi connectivity index (χ1n) is 12.9. The SMILES string of the molecule is O=C(O)CCNC(=O)c1ccc(Cn2nc(C3C=C(Cl)C=C(Cl)C3)cc2-c2ccc(-c3ccccc3)cc2)cc1. The molecule has 8 heteroatoms. The molecule has 0 saturated carbocycles. The molecule has 6 nitrogen and oxygen atoms in total. The standard InChI is InChI=1S/C32H27Cl2N3O3/c33-27-16-26(17-28(34)18-27)29-19-30(24-12-10-23(11-13-24)22-4-2-1-3-5-22)37(36-29)20-21-6-8-25(9-7-21)32(40)35-15-14-31(38)39/h1-13,16,18-19,26H,14-15,17,20H2,(H,35,40)(H,38,39). The molecule has 1 aliphatic rings. The Morgan fingerprint density at radius 3 is 2.27 bits per heavy atom. The monoisotopic (exact) mass is 571 g/mol. The molecule has 4 aromatic rings. The van der Waals surface area contributed by atoms with E-state index in [0.717, 1.165) is 33.6 Å². The van der Waals surface area contributed by atoms with Gasteiger partial charge in [0.05, 0.1) is 24.4 Å². The van der Waals surface area contributed by atoms with Crippen molar-refractivity contribution < 1.29 is 14.7 Å². The molecule has 0 aliphatic heterocycles. The van der Waals surface area contributed by atoms with E-state index in [1.165, 1.54) is 0 Å². The van der Waals surface area contributed by atoms with Gasteiger partial charge in [-0.15, -0.1) is 0 Å². The van der Waals surface area contributed by atoms with Gasteiger partial charge in [0, 0.05) is 28.1 Å². The van der Waals surface area contributed by atoms with Crippen LogP contribution in [0.25, 0.3) is 22.4 Å². The van der Waals surface area contributed by atoms with E-state index in [-0.39, 0.29) is 24.8 Å². The van der Waals surface area contributed by atoms with Crippen LogP contribution in [0.2, 0.25) is 0 Å². The topological polar surface area (TPSA) is 84.2 Å². The predicted octanol–water partition coefficient (Wildman–Crippen LogP) is 7.20. The van der Waals surface area contributed by atoms with Crippen molar-refractivity contribution in [3.05, 3.63) is 124 Å². The number of nitrogens with one attached hydrogen (secondary N) is 1. The Morgan fingerprint density at radius 1 is 0.925 bits per heavy atom. The molecule has 1 amide bonds. The van der Waals surface area contributed by atoms with Gasteiger partial charge in [-0.2, -0.15) is 5.10 Å². The second kappa shape index (κ2) is 12.4. The van der Waals surface area contributed by atoms with E-state index in [1.54, 1.807) is 18.2 Å². The van der Waals surface area contributed by atoms with Gasteiger partial charge in [-0.1, -0.05) is 96.0 Å². The molecule has 2 N–H and O–H groups in total. The number of amides is 1. The van der Waals surface area contributed by atoms with E-state index in [0.29, 0.717) is 28.6 Å². The highest BCUT2D eigenvalue weighted by Gasteiger charge is 2.21. The fraction of sp³-hybridized carbons (Fsp3) is 0.156. The van der Waals surface area contributed by atoms with Crippen molar-refractivity contribution in [3.8, 4) is 22.4 Å². The summed E-state index contributed by atoms with van der Waals surface area (Å²) in [6.07, 6.45) is 4.25. The minimum absolute atomic E-state index is 0.0366. The summed E-state index contributed by atoms with van der Waals surface area (Å²) < 4.78 is 1.96. The van der Waals surface area contributed by atoms with Gasteiger partial charge >= 0.3 is 5.97 Å². The first kappa shape index (κ1) is 27.4. The number of hydrogen-bond donors (Lipinski definition) is 2. The Kier molecular flexibility index (Phi) is 8.48. The fourth-order valence-electron chi connectivity index (χ4n) is 4.66. The zero-order valence-corrected chi connectivity index (χ0v) is 23.1. The average Bonchev–Trinajstić information content (AvgIpc) is 3.37. The van der Waals surface area contributed by atoms with E-state index in [4.69, 9.17) is 33.4 Å². The van der Waals surface area contributed by atoms with Gasteiger partial charge in [0.15, 0.2) is 0 Å². The molecular weight excluding hydrogens is 545 g/mol. The number of carbonyl (C=O) groups is 2. The molecule has 0 spiro atoms. The number of carboxylic acid groups (broad SMARTS) is 1. The highest BCUT2D eigenvalue weighted by Crippen LogP contribution is 2.35. The first-order valence-corrected chi connectivity index (χ1v) is 13.7. The van der Waals surface area contributed by atoms with Crippen LogP contribution >= 0.6 is 23.2 Å². The summed E-state index contributed by atoms with van der Waals surface area (Å²) in [7, 11) is 0. The van der Waals surface area contributed by atoms with Gasteiger partial charge in [0.25, 0.3) is 5.91 Å². The smallest absolute Gasteiger partial charge is 0.305 e. The van der Waals surface area contributed by atoms with Crippen LogP contribution in [0.15, 0.2) is 107 Å². The minimum Gasteiger partial charge on any atom is -0.481 e. The lowest BCUT2D eigenvalue weighted by Gasteiger charge is -2.14. The van der Waals surface area contributed by atoms with Crippen molar-refractivity contribution in [1.82, 2.24) is 15.1 Å². The zero-order valence-electron chi connectivity index (χ0n) is 21.6. The van der Waals surface area contributed by atoms with Crippen molar-refractivity contribution in [1.29, 1.82) is 0 Å². The maximum absolute atomic E-state index is 12.3. The van der Waals surface area contributed by atoms with Crippen LogP contribution in [0.5, 0.6) is 0 Å². The lowest BCUT2D eigenvalue weighted by Crippen LogP contribution is -2.25. The second-order valence-electron chi connectivity index (χ2n) is 9.61. The maximum Gasteiger partial charge on any atom is 0.305 e. The quantitative estimate of drug-likeness (QED) is 0.222. The summed E-state index contributed by atoms with van der Waals surface area (Å²) in [4.78, 5) is 23.0. The third-order valence-corrected chi connectivity index (χ3v) is 7.21. The number of carboxylic acids is 1. The van der Waals surface area contributed by atoms with Gasteiger partial charge < -0.3 is 10.4 Å². The molecule has 1 heterocycles. The van der Waals surface area contributed by atoms with Gasteiger partial charge in [-0.3, -0.25) is 14.3 Å². The van der Waals surface area contributed by atoms with Crippen LogP contribution in [0.4, 0.5) is 0 Å². The van der Waals surface area contributed by atoms with Crippen LogP contribution < -0.4 is 5.32 Å². The summed E-state index contributed by atoms with van der Waals surface area (Å²) >= 11 is 12.7.